The first-order valence-corrected chi connectivity index (χ1v) is 4.96. The number of likely N-dealkylation sites (N-methyl/N-ethyl adjacent to an activating group) is 1. The molecular formula is C11H15N2O+. The van der Waals surface area contributed by atoms with Crippen LogP contribution >= 0.6 is 0 Å². The van der Waals surface area contributed by atoms with Crippen LogP contribution in [-0.2, 0) is 4.84 Å². The van der Waals surface area contributed by atoms with Crippen LogP contribution in [0.4, 0.5) is 0 Å². The molecule has 3 nitrogen and oxygen atoms in total. The van der Waals surface area contributed by atoms with Crippen LogP contribution in [0.2, 0.25) is 0 Å². The van der Waals surface area contributed by atoms with Crippen LogP contribution in [0.5, 0.6) is 0 Å². The van der Waals surface area contributed by atoms with Crippen molar-refractivity contribution in [2.45, 2.75) is 12.5 Å². The molecule has 0 amide bonds. The highest BCUT2D eigenvalue weighted by Crippen LogP contribution is 2.14. The van der Waals surface area contributed by atoms with Crippen molar-refractivity contribution in [3.05, 3.63) is 35.9 Å². The summed E-state index contributed by atoms with van der Waals surface area (Å²) >= 11 is 0. The van der Waals surface area contributed by atoms with Gasteiger partial charge in [0.15, 0.2) is 6.10 Å². The van der Waals surface area contributed by atoms with Crippen molar-refractivity contribution < 1.29 is 10.2 Å². The molecule has 0 radical (unpaired) electrons. The van der Waals surface area contributed by atoms with E-state index in [1.165, 1.54) is 5.56 Å². The Bertz CT molecular complexity index is 321. The van der Waals surface area contributed by atoms with E-state index in [2.05, 4.69) is 22.6 Å². The minimum atomic E-state index is 0.246. The highest BCUT2D eigenvalue weighted by molar-refractivity contribution is 6.01. The second kappa shape index (κ2) is 4.24. The number of hydrogen-bond acceptors (Lipinski definition) is 2. The van der Waals surface area contributed by atoms with Crippen molar-refractivity contribution in [1.82, 2.24) is 0 Å². The molecule has 0 unspecified atom stereocenters. The van der Waals surface area contributed by atoms with Crippen molar-refractivity contribution in [3.8, 4) is 0 Å². The van der Waals surface area contributed by atoms with Gasteiger partial charge in [-0.3, -0.25) is 0 Å². The third-order valence-electron chi connectivity index (χ3n) is 2.34. The molecule has 3 heteroatoms. The maximum atomic E-state index is 5.32. The highest BCUT2D eigenvalue weighted by atomic mass is 16.6. The molecule has 2 N–H and O–H groups in total. The molecule has 1 aromatic carbocycles. The third-order valence-corrected chi connectivity index (χ3v) is 2.34. The molecule has 0 aromatic heterocycles. The van der Waals surface area contributed by atoms with Gasteiger partial charge >= 0.3 is 0 Å². The molecule has 2 rings (SSSR count). The first-order valence-electron chi connectivity index (χ1n) is 4.96. The molecule has 74 valence electrons. The van der Waals surface area contributed by atoms with Gasteiger partial charge in [-0.25, -0.2) is 0 Å². The minimum absolute atomic E-state index is 0.246. The summed E-state index contributed by atoms with van der Waals surface area (Å²) in [6, 6.07) is 10.2. The summed E-state index contributed by atoms with van der Waals surface area (Å²) in [5.74, 6) is 0. The van der Waals surface area contributed by atoms with Crippen LogP contribution in [0.15, 0.2) is 35.5 Å². The second-order valence-corrected chi connectivity index (χ2v) is 3.48. The van der Waals surface area contributed by atoms with E-state index in [-0.39, 0.29) is 6.10 Å². The average Bonchev–Trinajstić information content (AvgIpc) is 2.68. The Morgan fingerprint density at radius 3 is 2.93 bits per heavy atom. The van der Waals surface area contributed by atoms with E-state index in [1.54, 1.807) is 0 Å². The van der Waals surface area contributed by atoms with E-state index in [4.69, 9.17) is 4.84 Å². The number of quaternary nitrogens is 1. The van der Waals surface area contributed by atoms with Gasteiger partial charge in [-0.05, 0) is 5.56 Å². The smallest absolute Gasteiger partial charge is 0.181 e. The van der Waals surface area contributed by atoms with Crippen molar-refractivity contribution in [3.63, 3.8) is 0 Å². The van der Waals surface area contributed by atoms with Crippen LogP contribution < -0.4 is 5.32 Å². The summed E-state index contributed by atoms with van der Waals surface area (Å²) in [6.07, 6.45) is 1.17. The summed E-state index contributed by atoms with van der Waals surface area (Å²) in [6.45, 7) is 0.972. The third kappa shape index (κ3) is 1.93. The van der Waals surface area contributed by atoms with Gasteiger partial charge < -0.3 is 10.2 Å². The number of rotatable bonds is 3. The van der Waals surface area contributed by atoms with E-state index >= 15 is 0 Å². The second-order valence-electron chi connectivity index (χ2n) is 3.48. The molecule has 0 fully saturated rings. The Morgan fingerprint density at radius 1 is 1.43 bits per heavy atom. The standard InChI is InChI=1S/C11H14N2O/c1-12-8-10-7-11(13-14-10)9-5-3-2-4-6-9/h2-6,10,12H,7-8H2,1H3/p+1/t10-/m1/s1. The minimum Gasteiger partial charge on any atom is -0.386 e. The Labute approximate surface area is 83.8 Å². The zero-order valence-corrected chi connectivity index (χ0v) is 8.31. The molecule has 1 aliphatic rings. The number of nitrogens with zero attached hydrogens (tertiary/aromatic N) is 1. The molecule has 0 saturated heterocycles. The fraction of sp³-hybridized carbons (Fsp3) is 0.364. The van der Waals surface area contributed by atoms with E-state index in [1.807, 2.05) is 25.2 Å². The number of oxime groups is 1. The highest BCUT2D eigenvalue weighted by Gasteiger charge is 2.22. The quantitative estimate of drug-likeness (QED) is 0.736. The molecule has 0 aliphatic carbocycles. The van der Waals surface area contributed by atoms with E-state index in [0.29, 0.717) is 0 Å². The van der Waals surface area contributed by atoms with E-state index in [9.17, 15) is 0 Å². The molecule has 0 saturated carbocycles. The van der Waals surface area contributed by atoms with Crippen LogP contribution in [0.25, 0.3) is 0 Å². The average molecular weight is 191 g/mol. The molecule has 1 aliphatic heterocycles. The maximum Gasteiger partial charge on any atom is 0.181 e. The first kappa shape index (κ1) is 9.21. The lowest BCUT2D eigenvalue weighted by molar-refractivity contribution is -0.633. The Morgan fingerprint density at radius 2 is 2.21 bits per heavy atom. The number of benzene rings is 1. The van der Waals surface area contributed by atoms with E-state index in [0.717, 1.165) is 18.7 Å². The fourth-order valence-electron chi connectivity index (χ4n) is 1.62. The lowest BCUT2D eigenvalue weighted by atomic mass is 10.1. The molecule has 0 spiro atoms. The summed E-state index contributed by atoms with van der Waals surface area (Å²) < 4.78 is 0. The predicted molar refractivity (Wildman–Crippen MR) is 55.2 cm³/mol. The Hall–Kier alpha value is -1.35. The monoisotopic (exact) mass is 191 g/mol. The van der Waals surface area contributed by atoms with Crippen LogP contribution in [0, 0.1) is 0 Å². The predicted octanol–water partition coefficient (Wildman–Crippen LogP) is 0.373. The summed E-state index contributed by atoms with van der Waals surface area (Å²) in [4.78, 5) is 5.32. The largest absolute Gasteiger partial charge is 0.386 e. The lowest BCUT2D eigenvalue weighted by Crippen LogP contribution is -2.82. The van der Waals surface area contributed by atoms with Gasteiger partial charge in [-0.1, -0.05) is 35.5 Å². The SMILES string of the molecule is C[NH2+]C[C@H]1CC(c2ccccc2)=NO1. The van der Waals surface area contributed by atoms with Crippen molar-refractivity contribution >= 4 is 5.71 Å². The van der Waals surface area contributed by atoms with Crippen LogP contribution in [0.3, 0.4) is 0 Å². The molecular weight excluding hydrogens is 176 g/mol. The van der Waals surface area contributed by atoms with Crippen molar-refractivity contribution in [2.75, 3.05) is 13.6 Å². The van der Waals surface area contributed by atoms with Gasteiger partial charge in [0.25, 0.3) is 0 Å². The topological polar surface area (TPSA) is 38.2 Å². The zero-order chi connectivity index (χ0) is 9.80. The summed E-state index contributed by atoms with van der Waals surface area (Å²) in [5, 5.41) is 6.22. The van der Waals surface area contributed by atoms with Gasteiger partial charge in [0, 0.05) is 6.42 Å². The van der Waals surface area contributed by atoms with Gasteiger partial charge in [-0.15, -0.1) is 0 Å². The van der Waals surface area contributed by atoms with Crippen LogP contribution in [-0.4, -0.2) is 25.4 Å². The molecule has 1 aromatic rings. The van der Waals surface area contributed by atoms with Gasteiger partial charge in [-0.2, -0.15) is 0 Å². The van der Waals surface area contributed by atoms with Crippen molar-refractivity contribution in [2.24, 2.45) is 5.16 Å². The number of hydrogen-bond donors (Lipinski definition) is 1. The zero-order valence-electron chi connectivity index (χ0n) is 8.31. The molecule has 1 heterocycles. The van der Waals surface area contributed by atoms with E-state index < -0.39 is 0 Å². The first-order chi connectivity index (χ1) is 6.90. The fourth-order valence-corrected chi connectivity index (χ4v) is 1.62. The Balaban J connectivity index is 2.02. The molecule has 14 heavy (non-hydrogen) atoms. The molecule has 1 atom stereocenters. The number of nitrogens with two attached hydrogens (primary N) is 1. The lowest BCUT2D eigenvalue weighted by Gasteiger charge is -2.03. The Kier molecular flexibility index (Phi) is 2.79. The van der Waals surface area contributed by atoms with Crippen LogP contribution in [0.1, 0.15) is 12.0 Å². The normalized spacial score (nSPS) is 20.4. The van der Waals surface area contributed by atoms with Gasteiger partial charge in [0.1, 0.15) is 6.54 Å². The van der Waals surface area contributed by atoms with Crippen molar-refractivity contribution in [1.29, 1.82) is 0 Å². The summed E-state index contributed by atoms with van der Waals surface area (Å²) in [7, 11) is 2.05. The van der Waals surface area contributed by atoms with Gasteiger partial charge in [0.05, 0.1) is 12.8 Å². The maximum absolute atomic E-state index is 5.32. The molecule has 0 bridgehead atoms. The van der Waals surface area contributed by atoms with Gasteiger partial charge in [0.2, 0.25) is 0 Å². The summed E-state index contributed by atoms with van der Waals surface area (Å²) in [5.41, 5.74) is 2.24.